The van der Waals surface area contributed by atoms with E-state index in [0.29, 0.717) is 17.7 Å². The summed E-state index contributed by atoms with van der Waals surface area (Å²) in [6, 6.07) is 5.88. The summed E-state index contributed by atoms with van der Waals surface area (Å²) in [6.07, 6.45) is 4.83. The van der Waals surface area contributed by atoms with E-state index in [-0.39, 0.29) is 6.04 Å². The highest BCUT2D eigenvalue weighted by Gasteiger charge is 2.17. The summed E-state index contributed by atoms with van der Waals surface area (Å²) in [5.41, 5.74) is 3.72. The summed E-state index contributed by atoms with van der Waals surface area (Å²) in [7, 11) is 0. The van der Waals surface area contributed by atoms with Crippen molar-refractivity contribution in [2.24, 2.45) is 5.84 Å². The fourth-order valence-corrected chi connectivity index (χ4v) is 2.47. The van der Waals surface area contributed by atoms with Crippen LogP contribution in [0.1, 0.15) is 50.2 Å². The predicted octanol–water partition coefficient (Wildman–Crippen LogP) is 3.24. The Hall–Kier alpha value is -1.30. The molecule has 1 unspecified atom stereocenters. The molecule has 2 rings (SSSR count). The van der Waals surface area contributed by atoms with Crippen molar-refractivity contribution in [3.05, 3.63) is 41.1 Å². The molecule has 0 aromatic carbocycles. The molecule has 0 aliphatic rings. The van der Waals surface area contributed by atoms with Crippen molar-refractivity contribution in [3.63, 3.8) is 0 Å². The molecule has 0 spiro atoms. The summed E-state index contributed by atoms with van der Waals surface area (Å²) < 4.78 is 7.42. The Morgan fingerprint density at radius 1 is 1.35 bits per heavy atom. The molecule has 2 aromatic rings. The maximum atomic E-state index is 5.79. The van der Waals surface area contributed by atoms with Gasteiger partial charge in [-0.3, -0.25) is 10.5 Å². The largest absolute Gasteiger partial charge is 0.448 e. The summed E-state index contributed by atoms with van der Waals surface area (Å²) in [4.78, 5) is 0. The highest BCUT2D eigenvalue weighted by Crippen LogP contribution is 2.23. The van der Waals surface area contributed by atoms with E-state index >= 15 is 0 Å². The van der Waals surface area contributed by atoms with Crippen LogP contribution in [0.2, 0.25) is 5.22 Å². The number of rotatable bonds is 7. The molecule has 0 saturated heterocycles. The molecule has 1 atom stereocenters. The molecule has 0 aliphatic heterocycles. The Bertz CT molecular complexity index is 533. The number of hydrogen-bond donors (Lipinski definition) is 2. The Morgan fingerprint density at radius 2 is 2.10 bits per heavy atom. The molecule has 110 valence electrons. The van der Waals surface area contributed by atoms with E-state index < -0.39 is 0 Å². The van der Waals surface area contributed by atoms with Gasteiger partial charge in [0.1, 0.15) is 5.76 Å². The molecule has 20 heavy (non-hydrogen) atoms. The summed E-state index contributed by atoms with van der Waals surface area (Å²) >= 11 is 5.79. The van der Waals surface area contributed by atoms with E-state index in [1.165, 1.54) is 0 Å². The van der Waals surface area contributed by atoms with Crippen LogP contribution < -0.4 is 11.3 Å². The fourth-order valence-electron chi connectivity index (χ4n) is 2.32. The average molecular weight is 297 g/mol. The molecular formula is C14H21ClN4O. The molecule has 3 N–H and O–H groups in total. The van der Waals surface area contributed by atoms with Crippen molar-refractivity contribution >= 4 is 11.6 Å². The van der Waals surface area contributed by atoms with Gasteiger partial charge in [0.15, 0.2) is 5.22 Å². The molecular weight excluding hydrogens is 276 g/mol. The van der Waals surface area contributed by atoms with Crippen LogP contribution in [0.3, 0.4) is 0 Å². The molecule has 5 nitrogen and oxygen atoms in total. The van der Waals surface area contributed by atoms with Crippen LogP contribution in [0.5, 0.6) is 0 Å². The number of halogens is 1. The van der Waals surface area contributed by atoms with Crippen molar-refractivity contribution in [2.45, 2.75) is 45.2 Å². The lowest BCUT2D eigenvalue weighted by Gasteiger charge is -2.13. The molecule has 0 amide bonds. The Balaban J connectivity index is 2.08. The number of hydrazine groups is 1. The summed E-state index contributed by atoms with van der Waals surface area (Å²) in [5.74, 6) is 6.31. The third-order valence-electron chi connectivity index (χ3n) is 3.53. The maximum Gasteiger partial charge on any atom is 0.193 e. The smallest absolute Gasteiger partial charge is 0.193 e. The van der Waals surface area contributed by atoms with Gasteiger partial charge in [0.25, 0.3) is 0 Å². The van der Waals surface area contributed by atoms with Gasteiger partial charge in [0.2, 0.25) is 0 Å². The molecule has 6 heteroatoms. The van der Waals surface area contributed by atoms with Crippen molar-refractivity contribution in [3.8, 4) is 0 Å². The zero-order chi connectivity index (χ0) is 14.5. The van der Waals surface area contributed by atoms with Gasteiger partial charge in [0, 0.05) is 12.6 Å². The lowest BCUT2D eigenvalue weighted by Crippen LogP contribution is -2.29. The first kappa shape index (κ1) is 15.1. The highest BCUT2D eigenvalue weighted by atomic mass is 35.5. The molecule has 0 fully saturated rings. The molecule has 0 saturated carbocycles. The minimum atomic E-state index is -0.132. The Labute approximate surface area is 124 Å². The van der Waals surface area contributed by atoms with E-state index in [9.17, 15) is 0 Å². The van der Waals surface area contributed by atoms with Crippen LogP contribution in [0, 0.1) is 0 Å². The number of nitrogens with two attached hydrogens (primary N) is 1. The average Bonchev–Trinajstić information content (AvgIpc) is 3.07. The molecule has 0 radical (unpaired) electrons. The zero-order valence-corrected chi connectivity index (χ0v) is 12.6. The number of aromatic nitrogens is 2. The lowest BCUT2D eigenvalue weighted by molar-refractivity contribution is 0.403. The maximum absolute atomic E-state index is 5.79. The predicted molar refractivity (Wildman–Crippen MR) is 79.3 cm³/mol. The summed E-state index contributed by atoms with van der Waals surface area (Å²) in [6.45, 7) is 4.34. The molecule has 2 aromatic heterocycles. The molecule has 0 bridgehead atoms. The van der Waals surface area contributed by atoms with E-state index in [1.807, 2.05) is 23.0 Å². The zero-order valence-electron chi connectivity index (χ0n) is 11.8. The second-order valence-corrected chi connectivity index (χ2v) is 5.20. The molecule has 2 heterocycles. The number of furan rings is 1. The second kappa shape index (κ2) is 6.92. The van der Waals surface area contributed by atoms with Crippen molar-refractivity contribution in [1.82, 2.24) is 15.2 Å². The van der Waals surface area contributed by atoms with Crippen LogP contribution in [0.25, 0.3) is 0 Å². The van der Waals surface area contributed by atoms with Gasteiger partial charge in [-0.1, -0.05) is 13.8 Å². The van der Waals surface area contributed by atoms with Gasteiger partial charge in [-0.05, 0) is 42.6 Å². The summed E-state index contributed by atoms with van der Waals surface area (Å²) in [5, 5.41) is 4.98. The Kier molecular flexibility index (Phi) is 5.23. The first-order valence-electron chi connectivity index (χ1n) is 6.93. The highest BCUT2D eigenvalue weighted by molar-refractivity contribution is 6.28. The first-order valence-corrected chi connectivity index (χ1v) is 7.31. The van der Waals surface area contributed by atoms with Gasteiger partial charge in [-0.15, -0.1) is 0 Å². The van der Waals surface area contributed by atoms with Crippen LogP contribution in [0.15, 0.2) is 28.8 Å². The number of nitrogens with one attached hydrogen (secondary N) is 1. The van der Waals surface area contributed by atoms with Crippen molar-refractivity contribution in [1.29, 1.82) is 0 Å². The first-order chi connectivity index (χ1) is 9.67. The second-order valence-electron chi connectivity index (χ2n) is 4.82. The number of nitrogens with zero attached hydrogens (tertiary/aromatic N) is 2. The van der Waals surface area contributed by atoms with Crippen LogP contribution >= 0.6 is 11.6 Å². The van der Waals surface area contributed by atoms with Gasteiger partial charge >= 0.3 is 0 Å². The monoisotopic (exact) mass is 296 g/mol. The van der Waals surface area contributed by atoms with Gasteiger partial charge in [-0.25, -0.2) is 5.43 Å². The van der Waals surface area contributed by atoms with Crippen LogP contribution in [-0.4, -0.2) is 9.78 Å². The standard InChI is InChI=1S/C14H21ClN4O/c1-3-11(4-2)19-8-7-10(18-19)9-12(17-16)13-5-6-14(15)20-13/h5-8,11-12,17H,3-4,9,16H2,1-2H3. The van der Waals surface area contributed by atoms with Gasteiger partial charge in [0.05, 0.1) is 17.8 Å². The molecule has 0 aliphatic carbocycles. The van der Waals surface area contributed by atoms with Gasteiger partial charge in [-0.2, -0.15) is 5.10 Å². The van der Waals surface area contributed by atoms with E-state index in [2.05, 4.69) is 24.4 Å². The van der Waals surface area contributed by atoms with Crippen LogP contribution in [0.4, 0.5) is 0 Å². The normalized spacial score (nSPS) is 13.1. The third-order valence-corrected chi connectivity index (χ3v) is 3.74. The van der Waals surface area contributed by atoms with Crippen molar-refractivity contribution in [2.75, 3.05) is 0 Å². The minimum Gasteiger partial charge on any atom is -0.448 e. The Morgan fingerprint density at radius 3 is 2.65 bits per heavy atom. The van der Waals surface area contributed by atoms with Gasteiger partial charge < -0.3 is 4.42 Å². The lowest BCUT2D eigenvalue weighted by atomic mass is 10.1. The minimum absolute atomic E-state index is 0.132. The fraction of sp³-hybridized carbons (Fsp3) is 0.500. The SMILES string of the molecule is CCC(CC)n1ccc(CC(NN)c2ccc(Cl)o2)n1. The number of hydrogen-bond acceptors (Lipinski definition) is 4. The third kappa shape index (κ3) is 3.42. The van der Waals surface area contributed by atoms with Crippen LogP contribution in [-0.2, 0) is 6.42 Å². The van der Waals surface area contributed by atoms with E-state index in [1.54, 1.807) is 6.07 Å². The van der Waals surface area contributed by atoms with E-state index in [4.69, 9.17) is 21.9 Å². The van der Waals surface area contributed by atoms with Crippen molar-refractivity contribution < 1.29 is 4.42 Å². The topological polar surface area (TPSA) is 69.0 Å². The quantitative estimate of drug-likeness (QED) is 0.608. The van der Waals surface area contributed by atoms with E-state index in [0.717, 1.165) is 24.3 Å².